The second kappa shape index (κ2) is 6.18. The highest BCUT2D eigenvalue weighted by Crippen LogP contribution is 2.19. The number of carbonyl (C=O) groups excluding carboxylic acids is 1. The van der Waals surface area contributed by atoms with Crippen LogP contribution < -0.4 is 0 Å². The van der Waals surface area contributed by atoms with Crippen molar-refractivity contribution in [3.05, 3.63) is 22.6 Å². The van der Waals surface area contributed by atoms with Gasteiger partial charge in [-0.3, -0.25) is 4.79 Å². The van der Waals surface area contributed by atoms with E-state index in [2.05, 4.69) is 15.9 Å². The zero-order valence-electron chi connectivity index (χ0n) is 8.50. The molecule has 1 heterocycles. The lowest BCUT2D eigenvalue weighted by Crippen LogP contribution is -2.33. The molecule has 1 rings (SSSR count). The number of amides is 1. The van der Waals surface area contributed by atoms with Crippen molar-refractivity contribution in [3.8, 4) is 0 Å². The number of alkyl halides is 1. The number of carbonyl (C=O) groups is 1. The summed E-state index contributed by atoms with van der Waals surface area (Å²) in [5.74, 6) is 0.402. The van der Waals surface area contributed by atoms with Gasteiger partial charge in [-0.25, -0.2) is 0 Å². The van der Waals surface area contributed by atoms with Gasteiger partial charge in [-0.1, -0.05) is 6.92 Å². The molecule has 0 unspecified atom stereocenters. The maximum Gasteiger partial charge on any atom is 0.258 e. The van der Waals surface area contributed by atoms with Crippen molar-refractivity contribution in [1.82, 2.24) is 4.90 Å². The Kier molecular flexibility index (Phi) is 5.19. The number of rotatable bonds is 5. The van der Waals surface area contributed by atoms with Crippen LogP contribution in [0.25, 0.3) is 0 Å². The van der Waals surface area contributed by atoms with E-state index in [1.54, 1.807) is 11.0 Å². The van der Waals surface area contributed by atoms with Gasteiger partial charge in [0.1, 0.15) is 0 Å². The summed E-state index contributed by atoms with van der Waals surface area (Å²) in [6.07, 6.45) is 2.40. The summed E-state index contributed by atoms with van der Waals surface area (Å²) in [7, 11) is 0. The molecule has 3 nitrogen and oxygen atoms in total. The number of halogens is 2. The van der Waals surface area contributed by atoms with E-state index in [0.29, 0.717) is 29.2 Å². The third-order valence-corrected chi connectivity index (χ3v) is 2.77. The summed E-state index contributed by atoms with van der Waals surface area (Å²) in [6.45, 7) is 3.30. The second-order valence-corrected chi connectivity index (χ2v) is 4.19. The summed E-state index contributed by atoms with van der Waals surface area (Å²) in [5.41, 5.74) is 0.550. The molecule has 1 aromatic heterocycles. The Morgan fingerprint density at radius 3 is 2.80 bits per heavy atom. The molecule has 0 radical (unpaired) electrons. The molecular formula is C10H13BrClNO2. The molecule has 15 heavy (non-hydrogen) atoms. The summed E-state index contributed by atoms with van der Waals surface area (Å²) in [4.78, 5) is 13.7. The maximum atomic E-state index is 12.0. The Morgan fingerprint density at radius 1 is 1.60 bits per heavy atom. The van der Waals surface area contributed by atoms with Crippen molar-refractivity contribution in [2.75, 3.05) is 19.0 Å². The van der Waals surface area contributed by atoms with E-state index >= 15 is 0 Å². The number of hydrogen-bond donors (Lipinski definition) is 0. The predicted molar refractivity (Wildman–Crippen MR) is 63.3 cm³/mol. The molecule has 0 bridgehead atoms. The summed E-state index contributed by atoms with van der Waals surface area (Å²) in [6, 6.07) is 1.66. The molecular weight excluding hydrogens is 281 g/mol. The van der Waals surface area contributed by atoms with E-state index in [1.165, 1.54) is 6.26 Å². The largest absolute Gasteiger partial charge is 0.457 e. The van der Waals surface area contributed by atoms with Gasteiger partial charge in [-0.05, 0) is 28.4 Å². The van der Waals surface area contributed by atoms with Crippen LogP contribution in [0.1, 0.15) is 23.7 Å². The Morgan fingerprint density at radius 2 is 2.33 bits per heavy atom. The van der Waals surface area contributed by atoms with Crippen LogP contribution in [-0.4, -0.2) is 29.8 Å². The number of furan rings is 1. The second-order valence-electron chi connectivity index (χ2n) is 3.09. The fraction of sp³-hybridized carbons (Fsp3) is 0.500. The van der Waals surface area contributed by atoms with Gasteiger partial charge in [-0.15, -0.1) is 11.6 Å². The van der Waals surface area contributed by atoms with Gasteiger partial charge in [-0.2, -0.15) is 0 Å². The SMILES string of the molecule is CCCN(CCCl)C(=O)c1ccoc1Br. The van der Waals surface area contributed by atoms with Crippen molar-refractivity contribution >= 4 is 33.4 Å². The van der Waals surface area contributed by atoms with E-state index in [9.17, 15) is 4.79 Å². The van der Waals surface area contributed by atoms with Crippen molar-refractivity contribution in [2.45, 2.75) is 13.3 Å². The highest BCUT2D eigenvalue weighted by Gasteiger charge is 2.18. The molecule has 0 fully saturated rings. The van der Waals surface area contributed by atoms with Crippen LogP contribution in [0, 0.1) is 0 Å². The number of hydrogen-bond acceptors (Lipinski definition) is 2. The summed E-state index contributed by atoms with van der Waals surface area (Å²) < 4.78 is 5.50. The summed E-state index contributed by atoms with van der Waals surface area (Å²) >= 11 is 8.84. The molecule has 1 amide bonds. The molecule has 5 heteroatoms. The first-order valence-corrected chi connectivity index (χ1v) is 6.11. The quantitative estimate of drug-likeness (QED) is 0.782. The van der Waals surface area contributed by atoms with Gasteiger partial charge in [0.05, 0.1) is 11.8 Å². The molecule has 0 saturated heterocycles. The Labute approximate surface area is 103 Å². The predicted octanol–water partition coefficient (Wildman–Crippen LogP) is 3.13. The first-order chi connectivity index (χ1) is 7.20. The molecule has 84 valence electrons. The lowest BCUT2D eigenvalue weighted by Gasteiger charge is -2.20. The van der Waals surface area contributed by atoms with Crippen molar-refractivity contribution in [2.24, 2.45) is 0 Å². The first kappa shape index (κ1) is 12.6. The van der Waals surface area contributed by atoms with Gasteiger partial charge >= 0.3 is 0 Å². The maximum absolute atomic E-state index is 12.0. The van der Waals surface area contributed by atoms with E-state index in [0.717, 1.165) is 6.42 Å². The van der Waals surface area contributed by atoms with E-state index in [1.807, 2.05) is 6.92 Å². The van der Waals surface area contributed by atoms with Gasteiger partial charge < -0.3 is 9.32 Å². The minimum atomic E-state index is -0.0434. The van der Waals surface area contributed by atoms with E-state index < -0.39 is 0 Å². The molecule has 0 aliphatic rings. The highest BCUT2D eigenvalue weighted by molar-refractivity contribution is 9.10. The van der Waals surface area contributed by atoms with Gasteiger partial charge in [0.15, 0.2) is 4.67 Å². The molecule has 0 spiro atoms. The minimum Gasteiger partial charge on any atom is -0.457 e. The van der Waals surface area contributed by atoms with E-state index in [-0.39, 0.29) is 5.91 Å². The van der Waals surface area contributed by atoms with Crippen LogP contribution in [0.4, 0.5) is 0 Å². The third-order valence-electron chi connectivity index (χ3n) is 1.98. The lowest BCUT2D eigenvalue weighted by atomic mass is 10.3. The topological polar surface area (TPSA) is 33.5 Å². The van der Waals surface area contributed by atoms with Crippen LogP contribution in [-0.2, 0) is 0 Å². The van der Waals surface area contributed by atoms with Gasteiger partial charge in [0, 0.05) is 19.0 Å². The molecule has 1 aromatic rings. The fourth-order valence-electron chi connectivity index (χ4n) is 1.30. The Balaban J connectivity index is 2.76. The number of nitrogens with zero attached hydrogens (tertiary/aromatic N) is 1. The molecule has 0 saturated carbocycles. The smallest absolute Gasteiger partial charge is 0.258 e. The summed E-state index contributed by atoms with van der Waals surface area (Å²) in [5, 5.41) is 0. The zero-order chi connectivity index (χ0) is 11.3. The molecule has 0 aliphatic heterocycles. The first-order valence-electron chi connectivity index (χ1n) is 4.79. The molecule has 0 aliphatic carbocycles. The average Bonchev–Trinajstić information content (AvgIpc) is 2.63. The normalized spacial score (nSPS) is 10.3. The third kappa shape index (κ3) is 3.24. The van der Waals surface area contributed by atoms with Crippen molar-refractivity contribution in [3.63, 3.8) is 0 Å². The molecule has 0 aromatic carbocycles. The highest BCUT2D eigenvalue weighted by atomic mass is 79.9. The monoisotopic (exact) mass is 293 g/mol. The van der Waals surface area contributed by atoms with E-state index in [4.69, 9.17) is 16.0 Å². The molecule has 0 atom stereocenters. The van der Waals surface area contributed by atoms with Crippen LogP contribution in [0.15, 0.2) is 21.4 Å². The zero-order valence-corrected chi connectivity index (χ0v) is 10.8. The van der Waals surface area contributed by atoms with Crippen LogP contribution in [0.5, 0.6) is 0 Å². The van der Waals surface area contributed by atoms with Crippen molar-refractivity contribution in [1.29, 1.82) is 0 Å². The fourth-order valence-corrected chi connectivity index (χ4v) is 1.92. The lowest BCUT2D eigenvalue weighted by molar-refractivity contribution is 0.0763. The van der Waals surface area contributed by atoms with Crippen molar-refractivity contribution < 1.29 is 9.21 Å². The van der Waals surface area contributed by atoms with Gasteiger partial charge in [0.25, 0.3) is 5.91 Å². The van der Waals surface area contributed by atoms with Crippen LogP contribution in [0.3, 0.4) is 0 Å². The van der Waals surface area contributed by atoms with Crippen LogP contribution >= 0.6 is 27.5 Å². The van der Waals surface area contributed by atoms with Crippen LogP contribution in [0.2, 0.25) is 0 Å². The average molecular weight is 295 g/mol. The van der Waals surface area contributed by atoms with Gasteiger partial charge in [0.2, 0.25) is 0 Å². The molecule has 0 N–H and O–H groups in total. The Hall–Kier alpha value is -0.480. The minimum absolute atomic E-state index is 0.0434. The standard InChI is InChI=1S/C10H13BrClNO2/c1-2-5-13(6-4-12)10(14)8-3-7-15-9(8)11/h3,7H,2,4-6H2,1H3. The Bertz CT molecular complexity index is 321.